The summed E-state index contributed by atoms with van der Waals surface area (Å²) in [6.45, 7) is 3.87. The summed E-state index contributed by atoms with van der Waals surface area (Å²) in [5.41, 5.74) is 2.42. The van der Waals surface area contributed by atoms with Crippen molar-refractivity contribution in [2.75, 3.05) is 4.31 Å². The molecule has 2 rings (SSSR count). The van der Waals surface area contributed by atoms with Crippen LogP contribution in [0.15, 0.2) is 53.4 Å². The van der Waals surface area contributed by atoms with Crippen molar-refractivity contribution in [1.29, 1.82) is 0 Å². The van der Waals surface area contributed by atoms with Crippen LogP contribution in [0.2, 0.25) is 0 Å². The Hall–Kier alpha value is -2.25. The van der Waals surface area contributed by atoms with Gasteiger partial charge in [-0.25, -0.2) is 8.42 Å². The topological polar surface area (TPSA) is 37.4 Å². The molecular weight excluding hydrogens is 282 g/mol. The fourth-order valence-corrected chi connectivity index (χ4v) is 3.36. The molecule has 0 N–H and O–H groups in total. The van der Waals surface area contributed by atoms with Gasteiger partial charge in [0.2, 0.25) is 0 Å². The molecular formula is C17H17NO2S. The SMILES string of the molecule is C#CN(c1ccccc1CC)S(=O)(=O)c1ccc(C)cc1. The third kappa shape index (κ3) is 2.93. The average Bonchev–Trinajstić information content (AvgIpc) is 2.48. The summed E-state index contributed by atoms with van der Waals surface area (Å²) in [5.74, 6) is 0. The van der Waals surface area contributed by atoms with E-state index in [1.54, 1.807) is 36.4 Å². The Morgan fingerprint density at radius 3 is 2.29 bits per heavy atom. The van der Waals surface area contributed by atoms with Crippen molar-refractivity contribution in [3.05, 3.63) is 59.7 Å². The molecule has 0 atom stereocenters. The molecule has 21 heavy (non-hydrogen) atoms. The number of nitrogens with zero attached hydrogens (tertiary/aromatic N) is 1. The van der Waals surface area contributed by atoms with E-state index in [2.05, 4.69) is 6.04 Å². The summed E-state index contributed by atoms with van der Waals surface area (Å²) >= 11 is 0. The molecule has 0 spiro atoms. The molecule has 0 heterocycles. The van der Waals surface area contributed by atoms with Crippen LogP contribution in [0, 0.1) is 19.4 Å². The summed E-state index contributed by atoms with van der Waals surface area (Å²) in [7, 11) is -3.76. The average molecular weight is 299 g/mol. The van der Waals surface area contributed by atoms with Crippen molar-refractivity contribution in [2.24, 2.45) is 0 Å². The van der Waals surface area contributed by atoms with Crippen molar-refractivity contribution in [3.8, 4) is 12.5 Å². The molecule has 0 fully saturated rings. The van der Waals surface area contributed by atoms with Crippen LogP contribution in [-0.4, -0.2) is 8.42 Å². The van der Waals surface area contributed by atoms with Gasteiger partial charge >= 0.3 is 0 Å². The Labute approximate surface area is 126 Å². The molecule has 0 aliphatic carbocycles. The first-order valence-electron chi connectivity index (χ1n) is 6.67. The molecule has 0 aliphatic heterocycles. The summed E-state index contributed by atoms with van der Waals surface area (Å²) in [4.78, 5) is 0.192. The summed E-state index contributed by atoms with van der Waals surface area (Å²) in [6.07, 6.45) is 6.18. The van der Waals surface area contributed by atoms with Crippen molar-refractivity contribution < 1.29 is 8.42 Å². The van der Waals surface area contributed by atoms with Gasteiger partial charge in [-0.1, -0.05) is 49.2 Å². The maximum atomic E-state index is 12.7. The van der Waals surface area contributed by atoms with E-state index in [4.69, 9.17) is 6.42 Å². The van der Waals surface area contributed by atoms with Gasteiger partial charge in [0.15, 0.2) is 0 Å². The highest BCUT2D eigenvalue weighted by atomic mass is 32.2. The lowest BCUT2D eigenvalue weighted by atomic mass is 10.1. The van der Waals surface area contributed by atoms with Gasteiger partial charge in [-0.15, -0.1) is 0 Å². The zero-order valence-electron chi connectivity index (χ0n) is 12.1. The second-order valence-corrected chi connectivity index (χ2v) is 6.48. The summed E-state index contributed by atoms with van der Waals surface area (Å²) in [5, 5.41) is 0. The molecule has 0 radical (unpaired) electrons. The fraction of sp³-hybridized carbons (Fsp3) is 0.176. The molecule has 108 valence electrons. The lowest BCUT2D eigenvalue weighted by molar-refractivity contribution is 0.596. The molecule has 0 saturated carbocycles. The first-order chi connectivity index (χ1) is 10.0. The minimum absolute atomic E-state index is 0.192. The van der Waals surface area contributed by atoms with Crippen LogP contribution in [0.3, 0.4) is 0 Å². The van der Waals surface area contributed by atoms with Crippen molar-refractivity contribution in [3.63, 3.8) is 0 Å². The van der Waals surface area contributed by atoms with E-state index in [1.165, 1.54) is 0 Å². The van der Waals surface area contributed by atoms with E-state index in [0.717, 1.165) is 15.4 Å². The highest BCUT2D eigenvalue weighted by Crippen LogP contribution is 2.26. The van der Waals surface area contributed by atoms with E-state index in [0.29, 0.717) is 12.1 Å². The number of hydrogen-bond acceptors (Lipinski definition) is 2. The standard InChI is InChI=1S/C17H17NO2S/c1-4-15-8-6-7-9-17(15)18(5-2)21(19,20)16-12-10-14(3)11-13-16/h2,6-13H,4H2,1,3H3. The predicted molar refractivity (Wildman–Crippen MR) is 85.5 cm³/mol. The van der Waals surface area contributed by atoms with E-state index in [9.17, 15) is 8.42 Å². The predicted octanol–water partition coefficient (Wildman–Crippen LogP) is 3.34. The lowest BCUT2D eigenvalue weighted by Gasteiger charge is -2.20. The largest absolute Gasteiger partial charge is 0.275 e. The molecule has 2 aromatic carbocycles. The van der Waals surface area contributed by atoms with Gasteiger partial charge in [-0.05, 0) is 37.1 Å². The number of benzene rings is 2. The molecule has 0 aromatic heterocycles. The third-order valence-electron chi connectivity index (χ3n) is 3.27. The number of terminal acetylenes is 1. The summed E-state index contributed by atoms with van der Waals surface area (Å²) < 4.78 is 26.5. The van der Waals surface area contributed by atoms with Gasteiger partial charge in [0.1, 0.15) is 0 Å². The molecule has 3 nitrogen and oxygen atoms in total. The van der Waals surface area contributed by atoms with Crippen LogP contribution in [0.1, 0.15) is 18.1 Å². The second kappa shape index (κ2) is 6.02. The minimum atomic E-state index is -3.76. The molecule has 0 bridgehead atoms. The lowest BCUT2D eigenvalue weighted by Crippen LogP contribution is -2.27. The molecule has 2 aromatic rings. The Kier molecular flexibility index (Phi) is 4.35. The number of hydrogen-bond donors (Lipinski definition) is 0. The van der Waals surface area contributed by atoms with Crippen molar-refractivity contribution in [2.45, 2.75) is 25.2 Å². The highest BCUT2D eigenvalue weighted by Gasteiger charge is 2.24. The summed E-state index contributed by atoms with van der Waals surface area (Å²) in [6, 6.07) is 16.2. The molecule has 0 saturated heterocycles. The van der Waals surface area contributed by atoms with E-state index in [-0.39, 0.29) is 4.90 Å². The van der Waals surface area contributed by atoms with Gasteiger partial charge in [0.05, 0.1) is 10.6 Å². The molecule has 4 heteroatoms. The Balaban J connectivity index is 2.55. The Morgan fingerprint density at radius 1 is 1.10 bits per heavy atom. The van der Waals surface area contributed by atoms with E-state index < -0.39 is 10.0 Å². The molecule has 0 amide bonds. The van der Waals surface area contributed by atoms with Crippen LogP contribution in [-0.2, 0) is 16.4 Å². The third-order valence-corrected chi connectivity index (χ3v) is 4.92. The smallest absolute Gasteiger partial charge is 0.200 e. The molecule has 0 aliphatic rings. The number of anilines is 1. The monoisotopic (exact) mass is 299 g/mol. The highest BCUT2D eigenvalue weighted by molar-refractivity contribution is 7.93. The first-order valence-corrected chi connectivity index (χ1v) is 8.11. The zero-order valence-corrected chi connectivity index (χ0v) is 12.9. The maximum Gasteiger partial charge on any atom is 0.275 e. The fourth-order valence-electron chi connectivity index (χ4n) is 2.09. The first kappa shape index (κ1) is 15.1. The van der Waals surface area contributed by atoms with Gasteiger partial charge in [0.25, 0.3) is 10.0 Å². The normalized spacial score (nSPS) is 10.9. The van der Waals surface area contributed by atoms with Gasteiger partial charge in [-0.3, -0.25) is 0 Å². The minimum Gasteiger partial charge on any atom is -0.200 e. The van der Waals surface area contributed by atoms with Crippen molar-refractivity contribution in [1.82, 2.24) is 0 Å². The van der Waals surface area contributed by atoms with Gasteiger partial charge in [-0.2, -0.15) is 4.31 Å². The van der Waals surface area contributed by atoms with Crippen LogP contribution in [0.5, 0.6) is 0 Å². The van der Waals surface area contributed by atoms with Crippen molar-refractivity contribution >= 4 is 15.7 Å². The second-order valence-electron chi connectivity index (χ2n) is 4.69. The Bertz CT molecular complexity index is 771. The zero-order chi connectivity index (χ0) is 15.5. The van der Waals surface area contributed by atoms with Crippen LogP contribution in [0.4, 0.5) is 5.69 Å². The number of sulfonamides is 1. The van der Waals surface area contributed by atoms with Crippen LogP contribution < -0.4 is 4.31 Å². The van der Waals surface area contributed by atoms with E-state index in [1.807, 2.05) is 26.0 Å². The Morgan fingerprint density at radius 2 is 1.71 bits per heavy atom. The molecule has 0 unspecified atom stereocenters. The van der Waals surface area contributed by atoms with Gasteiger partial charge in [0, 0.05) is 6.04 Å². The maximum absolute atomic E-state index is 12.7. The quantitative estimate of drug-likeness (QED) is 0.641. The van der Waals surface area contributed by atoms with Gasteiger partial charge < -0.3 is 0 Å². The van der Waals surface area contributed by atoms with Crippen LogP contribution >= 0.6 is 0 Å². The van der Waals surface area contributed by atoms with Crippen LogP contribution in [0.25, 0.3) is 0 Å². The number of aryl methyl sites for hydroxylation is 2. The number of rotatable bonds is 4. The van der Waals surface area contributed by atoms with E-state index >= 15 is 0 Å². The number of para-hydroxylation sites is 1.